The van der Waals surface area contributed by atoms with Crippen LogP contribution in [0.25, 0.3) is 0 Å². The van der Waals surface area contributed by atoms with Gasteiger partial charge in [0, 0.05) is 11.8 Å². The fourth-order valence-corrected chi connectivity index (χ4v) is 3.51. The van der Waals surface area contributed by atoms with Crippen LogP contribution in [0.15, 0.2) is 17.5 Å². The molecule has 0 N–H and O–H groups in total. The van der Waals surface area contributed by atoms with E-state index in [-0.39, 0.29) is 29.4 Å². The molecule has 5 nitrogen and oxygen atoms in total. The second-order valence-corrected chi connectivity index (χ2v) is 5.44. The molecule has 3 rings (SSSR count). The summed E-state index contributed by atoms with van der Waals surface area (Å²) in [6, 6.07) is 3.71. The number of fused-ring (bicyclic) bond motifs is 1. The maximum Gasteiger partial charge on any atom is 0.624 e. The van der Waals surface area contributed by atoms with Gasteiger partial charge in [-0.25, -0.2) is 0 Å². The van der Waals surface area contributed by atoms with Crippen molar-refractivity contribution in [3.05, 3.63) is 17.5 Å². The molecule has 0 spiro atoms. The summed E-state index contributed by atoms with van der Waals surface area (Å²) in [6.07, 6.45) is 0. The van der Waals surface area contributed by atoms with Gasteiger partial charge >= 0.3 is 18.6 Å². The molecule has 7 heteroatoms. The number of quaternary nitrogens is 1. The van der Waals surface area contributed by atoms with E-state index in [4.69, 9.17) is 9.31 Å². The monoisotopic (exact) mass is 239 g/mol. The van der Waals surface area contributed by atoms with Gasteiger partial charge in [-0.15, -0.1) is 0 Å². The second kappa shape index (κ2) is 2.86. The predicted molar refractivity (Wildman–Crippen MR) is 57.8 cm³/mol. The number of rotatable bonds is 1. The van der Waals surface area contributed by atoms with Crippen molar-refractivity contribution in [2.75, 3.05) is 20.1 Å². The van der Waals surface area contributed by atoms with Gasteiger partial charge in [-0.1, -0.05) is 12.1 Å². The summed E-state index contributed by atoms with van der Waals surface area (Å²) < 4.78 is 11.7. The Morgan fingerprint density at radius 2 is 1.94 bits per heavy atom. The topological polar surface area (TPSA) is 52.6 Å². The zero-order chi connectivity index (χ0) is 11.4. The van der Waals surface area contributed by atoms with Crippen LogP contribution < -0.4 is 4.78 Å². The van der Waals surface area contributed by atoms with Crippen molar-refractivity contribution in [1.29, 1.82) is 0 Å². The first-order valence-electron chi connectivity index (χ1n) is 5.02. The minimum Gasteiger partial charge on any atom is -0.596 e. The summed E-state index contributed by atoms with van der Waals surface area (Å²) in [5, 5.41) is 1.88. The molecule has 0 aromatic carbocycles. The lowest BCUT2D eigenvalue weighted by atomic mass is 9.67. The van der Waals surface area contributed by atoms with Gasteiger partial charge in [0.1, 0.15) is 13.1 Å². The third-order valence-corrected chi connectivity index (χ3v) is 4.29. The van der Waals surface area contributed by atoms with Crippen LogP contribution in [0.3, 0.4) is 0 Å². The number of carbonyl (C=O) groups is 2. The SMILES string of the molecule is C[N+]12CC(=O)O[B-]1(c1cccs1)OC(=O)C2. The lowest BCUT2D eigenvalue weighted by molar-refractivity contribution is -0.791. The Balaban J connectivity index is 2.16. The van der Waals surface area contributed by atoms with Crippen molar-refractivity contribution in [1.82, 2.24) is 0 Å². The standard InChI is InChI=1S/C9H10BNO4S/c1-11-5-8(12)14-10(11,15-9(13)6-11)7-3-2-4-16-7/h2-4H,5-6H2,1H3. The molecule has 0 radical (unpaired) electrons. The van der Waals surface area contributed by atoms with Gasteiger partial charge in [0.15, 0.2) is 0 Å². The number of likely N-dealkylation sites (N-methyl/N-ethyl adjacent to an activating group) is 1. The second-order valence-electron chi connectivity index (χ2n) is 4.46. The summed E-state index contributed by atoms with van der Waals surface area (Å²) >= 11 is 1.45. The Labute approximate surface area is 96.2 Å². The Morgan fingerprint density at radius 1 is 1.31 bits per heavy atom. The molecule has 2 fully saturated rings. The molecule has 0 bridgehead atoms. The lowest BCUT2D eigenvalue weighted by Gasteiger charge is -2.38. The van der Waals surface area contributed by atoms with E-state index < -0.39 is 6.69 Å². The molecule has 0 atom stereocenters. The molecule has 1 aromatic rings. The molecule has 0 unspecified atom stereocenters. The van der Waals surface area contributed by atoms with E-state index in [0.29, 0.717) is 0 Å². The highest BCUT2D eigenvalue weighted by atomic mass is 32.1. The molecular formula is C9H10BNO4S. The average Bonchev–Trinajstić information content (AvgIpc) is 2.76. The number of hydrogen-bond donors (Lipinski definition) is 0. The van der Waals surface area contributed by atoms with E-state index >= 15 is 0 Å². The maximum atomic E-state index is 11.5. The quantitative estimate of drug-likeness (QED) is 0.617. The molecule has 2 aliphatic heterocycles. The third-order valence-electron chi connectivity index (χ3n) is 3.29. The van der Waals surface area contributed by atoms with Crippen LogP contribution in [0.1, 0.15) is 0 Å². The van der Waals surface area contributed by atoms with Crippen LogP contribution in [-0.4, -0.2) is 43.2 Å². The van der Waals surface area contributed by atoms with Gasteiger partial charge in [-0.3, -0.25) is 9.59 Å². The van der Waals surface area contributed by atoms with Crippen LogP contribution in [0.5, 0.6) is 0 Å². The van der Waals surface area contributed by atoms with E-state index in [1.807, 2.05) is 24.6 Å². The van der Waals surface area contributed by atoms with Crippen LogP contribution in [0.4, 0.5) is 0 Å². The van der Waals surface area contributed by atoms with Gasteiger partial charge in [-0.2, -0.15) is 11.3 Å². The van der Waals surface area contributed by atoms with Crippen molar-refractivity contribution in [2.45, 2.75) is 0 Å². The van der Waals surface area contributed by atoms with E-state index in [1.165, 1.54) is 11.3 Å². The summed E-state index contributed by atoms with van der Waals surface area (Å²) in [4.78, 5) is 22.9. The van der Waals surface area contributed by atoms with E-state index in [0.717, 1.165) is 4.78 Å². The van der Waals surface area contributed by atoms with Gasteiger partial charge < -0.3 is 13.7 Å². The largest absolute Gasteiger partial charge is 0.624 e. The molecular weight excluding hydrogens is 229 g/mol. The molecule has 1 aromatic heterocycles. The first-order valence-corrected chi connectivity index (χ1v) is 5.90. The Bertz CT molecular complexity index is 452. The van der Waals surface area contributed by atoms with Gasteiger partial charge in [0.2, 0.25) is 0 Å². The number of nitrogens with zero attached hydrogens (tertiary/aromatic N) is 1. The molecule has 2 saturated heterocycles. The van der Waals surface area contributed by atoms with Crippen LogP contribution >= 0.6 is 11.3 Å². The molecule has 2 aliphatic rings. The van der Waals surface area contributed by atoms with Crippen molar-refractivity contribution in [2.24, 2.45) is 0 Å². The van der Waals surface area contributed by atoms with Crippen LogP contribution in [0.2, 0.25) is 0 Å². The van der Waals surface area contributed by atoms with Crippen molar-refractivity contribution in [3.8, 4) is 0 Å². The Morgan fingerprint density at radius 3 is 2.44 bits per heavy atom. The Hall–Kier alpha value is -1.34. The molecule has 16 heavy (non-hydrogen) atoms. The van der Waals surface area contributed by atoms with E-state index in [2.05, 4.69) is 0 Å². The van der Waals surface area contributed by atoms with Gasteiger partial charge in [0.05, 0.1) is 0 Å². The normalized spacial score (nSPS) is 37.1. The highest BCUT2D eigenvalue weighted by Gasteiger charge is 2.66. The van der Waals surface area contributed by atoms with E-state index in [9.17, 15) is 9.59 Å². The fraction of sp³-hybridized carbons (Fsp3) is 0.333. The van der Waals surface area contributed by atoms with Gasteiger partial charge in [-0.05, 0) is 5.38 Å². The Kier molecular flexibility index (Phi) is 1.76. The van der Waals surface area contributed by atoms with E-state index in [1.54, 1.807) is 0 Å². The van der Waals surface area contributed by atoms with Crippen molar-refractivity contribution >= 4 is 34.7 Å². The highest BCUT2D eigenvalue weighted by Crippen LogP contribution is 2.34. The first-order chi connectivity index (χ1) is 7.56. The summed E-state index contributed by atoms with van der Waals surface area (Å²) in [6.45, 7) is -1.59. The minimum atomic E-state index is -1.99. The van der Waals surface area contributed by atoms with Crippen molar-refractivity contribution < 1.29 is 23.3 Å². The molecule has 3 heterocycles. The van der Waals surface area contributed by atoms with Crippen molar-refractivity contribution in [3.63, 3.8) is 0 Å². The molecule has 0 saturated carbocycles. The summed E-state index contributed by atoms with van der Waals surface area (Å²) in [5.41, 5.74) is 0. The van der Waals surface area contributed by atoms with Gasteiger partial charge in [0.25, 0.3) is 0 Å². The first kappa shape index (κ1) is 9.86. The lowest BCUT2D eigenvalue weighted by Crippen LogP contribution is -2.66. The maximum absolute atomic E-state index is 11.5. The number of thiophene rings is 1. The zero-order valence-electron chi connectivity index (χ0n) is 8.71. The zero-order valence-corrected chi connectivity index (χ0v) is 9.53. The average molecular weight is 239 g/mol. The van der Waals surface area contributed by atoms with Crippen LogP contribution in [0, 0.1) is 0 Å². The third kappa shape index (κ3) is 1.04. The number of carbonyl (C=O) groups excluding carboxylic acids is 2. The minimum absolute atomic E-state index is 0.198. The number of hydrogen-bond acceptors (Lipinski definition) is 5. The summed E-state index contributed by atoms with van der Waals surface area (Å²) in [7, 11) is 1.83. The molecule has 0 aliphatic carbocycles. The fourth-order valence-electron chi connectivity index (χ4n) is 2.52. The smallest absolute Gasteiger partial charge is 0.596 e. The molecule has 0 amide bonds. The molecule has 84 valence electrons. The summed E-state index contributed by atoms with van der Waals surface area (Å²) in [5.74, 6) is -0.605. The highest BCUT2D eigenvalue weighted by molar-refractivity contribution is 7.23. The van der Waals surface area contributed by atoms with Crippen LogP contribution in [-0.2, 0) is 18.9 Å². The predicted octanol–water partition coefficient (Wildman–Crippen LogP) is -0.546.